The number of hydrogen-bond donors (Lipinski definition) is 1. The number of amides is 1. The Morgan fingerprint density at radius 3 is 2.85 bits per heavy atom. The minimum Gasteiger partial charge on any atom is -0.352 e. The van der Waals surface area contributed by atoms with Crippen LogP contribution in [0.4, 0.5) is 5.69 Å². The number of nitro benzene ring substituents is 1. The summed E-state index contributed by atoms with van der Waals surface area (Å²) in [5, 5.41) is 15.0. The van der Waals surface area contributed by atoms with Crippen molar-refractivity contribution in [3.63, 3.8) is 0 Å². The number of hydrogen-bond acceptors (Lipinski definition) is 3. The van der Waals surface area contributed by atoms with E-state index >= 15 is 0 Å². The molecule has 3 aromatic rings. The molecule has 0 spiro atoms. The minimum atomic E-state index is -0.490. The second-order valence-corrected chi connectivity index (χ2v) is 6.86. The van der Waals surface area contributed by atoms with Gasteiger partial charge in [0.15, 0.2) is 0 Å². The Morgan fingerprint density at radius 1 is 1.15 bits per heavy atom. The summed E-state index contributed by atoms with van der Waals surface area (Å²) in [4.78, 5) is 22.7. The van der Waals surface area contributed by atoms with Crippen molar-refractivity contribution in [3.8, 4) is 0 Å². The zero-order valence-electron chi connectivity index (χ0n) is 15.0. The van der Waals surface area contributed by atoms with E-state index in [4.69, 9.17) is 0 Å². The van der Waals surface area contributed by atoms with Gasteiger partial charge in [-0.1, -0.05) is 24.3 Å². The third-order valence-electron chi connectivity index (χ3n) is 5.22. The Bertz CT molecular complexity index is 1020. The van der Waals surface area contributed by atoms with Crippen LogP contribution in [0.25, 0.3) is 10.9 Å². The number of benzene rings is 2. The molecule has 0 atom stereocenters. The number of aryl methyl sites for hydroxylation is 1. The summed E-state index contributed by atoms with van der Waals surface area (Å²) in [6, 6.07) is 14.3. The highest BCUT2D eigenvalue weighted by atomic mass is 16.6. The lowest BCUT2D eigenvalue weighted by atomic mass is 10.0. The molecular formula is C21H21N3O3. The fourth-order valence-corrected chi connectivity index (χ4v) is 3.97. The van der Waals surface area contributed by atoms with Gasteiger partial charge < -0.3 is 9.88 Å². The van der Waals surface area contributed by atoms with E-state index in [1.165, 1.54) is 53.2 Å². The molecule has 1 amide bonds. The Balaban J connectivity index is 1.50. The lowest BCUT2D eigenvalue weighted by Crippen LogP contribution is -2.26. The first-order valence-electron chi connectivity index (χ1n) is 9.27. The van der Waals surface area contributed by atoms with Gasteiger partial charge in [-0.2, -0.15) is 0 Å². The lowest BCUT2D eigenvalue weighted by Gasteiger charge is -2.17. The van der Waals surface area contributed by atoms with Gasteiger partial charge in [0.1, 0.15) is 0 Å². The van der Waals surface area contributed by atoms with Gasteiger partial charge in [0.2, 0.25) is 0 Å². The second kappa shape index (κ2) is 7.23. The fourth-order valence-electron chi connectivity index (χ4n) is 3.97. The Hall–Kier alpha value is -3.15. The number of rotatable bonds is 5. The topological polar surface area (TPSA) is 77.2 Å². The third kappa shape index (κ3) is 3.30. The number of nitrogens with zero attached hydrogens (tertiary/aromatic N) is 2. The normalized spacial score (nSPS) is 13.3. The van der Waals surface area contributed by atoms with E-state index in [0.29, 0.717) is 12.1 Å². The Morgan fingerprint density at radius 2 is 2.00 bits per heavy atom. The van der Waals surface area contributed by atoms with Gasteiger partial charge in [-0.3, -0.25) is 14.9 Å². The maximum atomic E-state index is 12.4. The van der Waals surface area contributed by atoms with E-state index in [-0.39, 0.29) is 11.6 Å². The SMILES string of the molecule is O=C(NCCc1c2n(c3ccccc13)CCCC2)c1cccc([N+](=O)[O-])c1. The van der Waals surface area contributed by atoms with Crippen LogP contribution in [0.2, 0.25) is 0 Å². The molecule has 0 bridgehead atoms. The largest absolute Gasteiger partial charge is 0.352 e. The molecule has 1 aliphatic rings. The van der Waals surface area contributed by atoms with Crippen molar-refractivity contribution in [2.75, 3.05) is 6.54 Å². The predicted molar refractivity (Wildman–Crippen MR) is 104 cm³/mol. The highest BCUT2D eigenvalue weighted by Gasteiger charge is 2.19. The van der Waals surface area contributed by atoms with Crippen LogP contribution < -0.4 is 5.32 Å². The Kier molecular flexibility index (Phi) is 4.62. The number of carbonyl (C=O) groups excluding carboxylic acids is 1. The van der Waals surface area contributed by atoms with Crippen LogP contribution in [0.5, 0.6) is 0 Å². The second-order valence-electron chi connectivity index (χ2n) is 6.86. The molecule has 0 radical (unpaired) electrons. The number of carbonyl (C=O) groups is 1. The maximum absolute atomic E-state index is 12.4. The minimum absolute atomic E-state index is 0.0739. The van der Waals surface area contributed by atoms with E-state index in [1.807, 2.05) is 0 Å². The molecule has 2 aromatic carbocycles. The molecule has 1 N–H and O–H groups in total. The zero-order chi connectivity index (χ0) is 18.8. The summed E-state index contributed by atoms with van der Waals surface area (Å²) < 4.78 is 2.41. The molecule has 27 heavy (non-hydrogen) atoms. The standard InChI is InChI=1S/C21H21N3O3/c25-21(15-6-5-7-16(14-15)24(26)27)22-12-11-18-17-8-1-2-9-19(17)23-13-4-3-10-20(18)23/h1-2,5-9,14H,3-4,10-13H2,(H,22,25). The van der Waals surface area contributed by atoms with Crippen molar-refractivity contribution in [3.05, 3.63) is 75.5 Å². The average Bonchev–Trinajstić information content (AvgIpc) is 3.02. The first kappa shape index (κ1) is 17.3. The van der Waals surface area contributed by atoms with E-state index < -0.39 is 4.92 Å². The maximum Gasteiger partial charge on any atom is 0.270 e. The van der Waals surface area contributed by atoms with Crippen molar-refractivity contribution in [2.24, 2.45) is 0 Å². The lowest BCUT2D eigenvalue weighted by molar-refractivity contribution is -0.384. The van der Waals surface area contributed by atoms with Crippen LogP contribution in [0.15, 0.2) is 48.5 Å². The molecule has 1 aromatic heterocycles. The van der Waals surface area contributed by atoms with Crippen molar-refractivity contribution in [2.45, 2.75) is 32.2 Å². The van der Waals surface area contributed by atoms with Crippen LogP contribution in [0, 0.1) is 10.1 Å². The summed E-state index contributed by atoms with van der Waals surface area (Å²) in [7, 11) is 0. The number of para-hydroxylation sites is 1. The third-order valence-corrected chi connectivity index (χ3v) is 5.22. The Labute approximate surface area is 157 Å². The zero-order valence-corrected chi connectivity index (χ0v) is 15.0. The fraction of sp³-hybridized carbons (Fsp3) is 0.286. The van der Waals surface area contributed by atoms with Crippen molar-refractivity contribution >= 4 is 22.5 Å². The van der Waals surface area contributed by atoms with E-state index in [1.54, 1.807) is 6.07 Å². The molecular weight excluding hydrogens is 342 g/mol. The monoisotopic (exact) mass is 363 g/mol. The highest BCUT2D eigenvalue weighted by Crippen LogP contribution is 2.30. The van der Waals surface area contributed by atoms with Crippen molar-refractivity contribution in [1.82, 2.24) is 9.88 Å². The van der Waals surface area contributed by atoms with Gasteiger partial charge in [-0.25, -0.2) is 0 Å². The molecule has 0 unspecified atom stereocenters. The van der Waals surface area contributed by atoms with Crippen molar-refractivity contribution in [1.29, 1.82) is 0 Å². The molecule has 6 nitrogen and oxygen atoms in total. The summed E-state index contributed by atoms with van der Waals surface area (Å²) >= 11 is 0. The quantitative estimate of drug-likeness (QED) is 0.552. The number of aromatic nitrogens is 1. The summed E-state index contributed by atoms with van der Waals surface area (Å²) in [5.41, 5.74) is 4.20. The molecule has 138 valence electrons. The summed E-state index contributed by atoms with van der Waals surface area (Å²) in [6.45, 7) is 1.55. The van der Waals surface area contributed by atoms with Gasteiger partial charge in [0, 0.05) is 47.4 Å². The van der Waals surface area contributed by atoms with Gasteiger partial charge in [0.05, 0.1) is 4.92 Å². The number of nitro groups is 1. The summed E-state index contributed by atoms with van der Waals surface area (Å²) in [5.74, 6) is -0.281. The van der Waals surface area contributed by atoms with Crippen LogP contribution in [-0.4, -0.2) is 21.9 Å². The first-order valence-corrected chi connectivity index (χ1v) is 9.27. The van der Waals surface area contributed by atoms with Gasteiger partial charge >= 0.3 is 0 Å². The number of non-ortho nitro benzene ring substituents is 1. The van der Waals surface area contributed by atoms with Gasteiger partial charge in [-0.15, -0.1) is 0 Å². The smallest absolute Gasteiger partial charge is 0.270 e. The molecule has 6 heteroatoms. The molecule has 0 fully saturated rings. The van der Waals surface area contributed by atoms with Crippen molar-refractivity contribution < 1.29 is 9.72 Å². The van der Waals surface area contributed by atoms with Gasteiger partial charge in [0.25, 0.3) is 11.6 Å². The molecule has 2 heterocycles. The molecule has 0 saturated heterocycles. The molecule has 1 aliphatic heterocycles. The first-order chi connectivity index (χ1) is 13.1. The van der Waals surface area contributed by atoms with E-state index in [0.717, 1.165) is 19.4 Å². The van der Waals surface area contributed by atoms with Crippen LogP contribution >= 0.6 is 0 Å². The molecule has 0 saturated carbocycles. The number of nitrogens with one attached hydrogen (secondary N) is 1. The number of fused-ring (bicyclic) bond motifs is 3. The van der Waals surface area contributed by atoms with Crippen LogP contribution in [0.1, 0.15) is 34.5 Å². The van der Waals surface area contributed by atoms with Gasteiger partial charge in [-0.05, 0) is 43.4 Å². The van der Waals surface area contributed by atoms with E-state index in [2.05, 4.69) is 34.1 Å². The predicted octanol–water partition coefficient (Wildman–Crippen LogP) is 3.86. The summed E-state index contributed by atoms with van der Waals surface area (Å²) in [6.07, 6.45) is 4.23. The molecule has 0 aliphatic carbocycles. The average molecular weight is 363 g/mol. The van der Waals surface area contributed by atoms with Crippen LogP contribution in [-0.2, 0) is 19.4 Å². The van der Waals surface area contributed by atoms with Crippen LogP contribution in [0.3, 0.4) is 0 Å². The van der Waals surface area contributed by atoms with E-state index in [9.17, 15) is 14.9 Å². The highest BCUT2D eigenvalue weighted by molar-refractivity contribution is 5.94. The molecule has 4 rings (SSSR count).